The van der Waals surface area contributed by atoms with Gasteiger partial charge in [0.15, 0.2) is 0 Å². The van der Waals surface area contributed by atoms with Crippen molar-refractivity contribution in [2.45, 2.75) is 17.7 Å². The third kappa shape index (κ3) is 4.51. The van der Waals surface area contributed by atoms with Crippen LogP contribution in [-0.2, 0) is 10.0 Å². The summed E-state index contributed by atoms with van der Waals surface area (Å²) in [6, 6.07) is 13.8. The first-order valence-electron chi connectivity index (χ1n) is 10.5. The fourth-order valence-corrected chi connectivity index (χ4v) is 6.66. The molecule has 0 spiro atoms. The van der Waals surface area contributed by atoms with Crippen molar-refractivity contribution in [1.29, 1.82) is 0 Å². The molecule has 34 heavy (non-hydrogen) atoms. The highest BCUT2D eigenvalue weighted by atomic mass is 32.2. The summed E-state index contributed by atoms with van der Waals surface area (Å²) in [6.07, 6.45) is 3.25. The lowest BCUT2D eigenvalue weighted by atomic mass is 10.2. The summed E-state index contributed by atoms with van der Waals surface area (Å²) < 4.78 is 41.3. The molecule has 1 aliphatic rings. The molecule has 1 fully saturated rings. The van der Waals surface area contributed by atoms with Crippen LogP contribution < -0.4 is 5.01 Å². The van der Waals surface area contributed by atoms with Gasteiger partial charge in [0.05, 0.1) is 21.3 Å². The molecule has 4 aromatic rings. The highest BCUT2D eigenvalue weighted by Gasteiger charge is 2.28. The van der Waals surface area contributed by atoms with E-state index >= 15 is 0 Å². The standard InChI is InChI=1S/C23H19FN4O3S3/c24-17-7-10-20-21(14-17)33-23(26-20)28(25-15-18-4-3-13-32-18)22(29)16-5-8-19(9-6-16)34(30,31)27-11-1-2-12-27/h3-10,13-15H,1-2,11-12H2/b25-15+. The van der Waals surface area contributed by atoms with Crippen molar-refractivity contribution in [3.63, 3.8) is 0 Å². The van der Waals surface area contributed by atoms with Crippen LogP contribution in [0.3, 0.4) is 0 Å². The molecule has 0 bridgehead atoms. The summed E-state index contributed by atoms with van der Waals surface area (Å²) in [5.74, 6) is -0.866. The summed E-state index contributed by atoms with van der Waals surface area (Å²) >= 11 is 2.61. The van der Waals surface area contributed by atoms with E-state index in [-0.39, 0.29) is 15.6 Å². The largest absolute Gasteiger partial charge is 0.280 e. The van der Waals surface area contributed by atoms with Gasteiger partial charge in [-0.3, -0.25) is 4.79 Å². The molecule has 1 saturated heterocycles. The quantitative estimate of drug-likeness (QED) is 0.269. The lowest BCUT2D eigenvalue weighted by Gasteiger charge is -2.16. The zero-order valence-electron chi connectivity index (χ0n) is 17.8. The Kier molecular flexibility index (Phi) is 6.26. The highest BCUT2D eigenvalue weighted by molar-refractivity contribution is 7.89. The molecule has 5 rings (SSSR count). The Morgan fingerprint density at radius 3 is 2.59 bits per heavy atom. The Bertz CT molecular complexity index is 1460. The van der Waals surface area contributed by atoms with Crippen LogP contribution in [0.4, 0.5) is 9.52 Å². The molecule has 0 aliphatic carbocycles. The maximum absolute atomic E-state index is 13.7. The average molecular weight is 515 g/mol. The number of nitrogens with zero attached hydrogens (tertiary/aromatic N) is 4. The Morgan fingerprint density at radius 2 is 1.88 bits per heavy atom. The number of sulfonamides is 1. The van der Waals surface area contributed by atoms with Crippen molar-refractivity contribution in [3.05, 3.63) is 76.2 Å². The molecular weight excluding hydrogens is 495 g/mol. The second-order valence-electron chi connectivity index (χ2n) is 7.62. The third-order valence-corrected chi connectivity index (χ3v) is 9.07. The molecule has 0 N–H and O–H groups in total. The molecular formula is C23H19FN4O3S3. The molecule has 1 amide bonds. The number of hydrazone groups is 1. The van der Waals surface area contributed by atoms with Crippen molar-refractivity contribution < 1.29 is 17.6 Å². The van der Waals surface area contributed by atoms with Gasteiger partial charge in [0.25, 0.3) is 5.91 Å². The van der Waals surface area contributed by atoms with Crippen LogP contribution >= 0.6 is 22.7 Å². The summed E-state index contributed by atoms with van der Waals surface area (Å²) in [5.41, 5.74) is 0.812. The molecule has 1 aliphatic heterocycles. The van der Waals surface area contributed by atoms with E-state index in [9.17, 15) is 17.6 Å². The Morgan fingerprint density at radius 1 is 1.12 bits per heavy atom. The van der Waals surface area contributed by atoms with Crippen LogP contribution in [0.5, 0.6) is 0 Å². The molecule has 7 nitrogen and oxygen atoms in total. The van der Waals surface area contributed by atoms with Crippen molar-refractivity contribution in [3.8, 4) is 0 Å². The zero-order chi connectivity index (χ0) is 23.7. The van der Waals surface area contributed by atoms with Crippen molar-refractivity contribution in [1.82, 2.24) is 9.29 Å². The van der Waals surface area contributed by atoms with E-state index in [0.29, 0.717) is 23.3 Å². The number of halogens is 1. The van der Waals surface area contributed by atoms with Gasteiger partial charge in [-0.15, -0.1) is 11.3 Å². The summed E-state index contributed by atoms with van der Waals surface area (Å²) in [4.78, 5) is 18.9. The second kappa shape index (κ2) is 9.34. The van der Waals surface area contributed by atoms with E-state index in [1.165, 1.54) is 52.0 Å². The molecule has 3 heterocycles. The van der Waals surface area contributed by atoms with Gasteiger partial charge >= 0.3 is 0 Å². The number of hydrogen-bond donors (Lipinski definition) is 0. The smallest absolute Gasteiger partial charge is 0.267 e. The average Bonchev–Trinajstić information content (AvgIpc) is 3.60. The molecule has 11 heteroatoms. The molecule has 174 valence electrons. The number of aromatic nitrogens is 1. The van der Waals surface area contributed by atoms with Gasteiger partial charge in [-0.25, -0.2) is 17.8 Å². The van der Waals surface area contributed by atoms with E-state index < -0.39 is 21.7 Å². The minimum absolute atomic E-state index is 0.148. The Balaban J connectivity index is 1.48. The maximum atomic E-state index is 13.7. The van der Waals surface area contributed by atoms with Crippen LogP contribution in [-0.4, -0.2) is 42.9 Å². The van der Waals surface area contributed by atoms with E-state index in [1.807, 2.05) is 17.5 Å². The van der Waals surface area contributed by atoms with Crippen molar-refractivity contribution in [2.24, 2.45) is 5.10 Å². The SMILES string of the molecule is O=C(c1ccc(S(=O)(=O)N2CCCC2)cc1)N(/N=C/c1cccs1)c1nc2ccc(F)cc2s1. The predicted octanol–water partition coefficient (Wildman–Crippen LogP) is 4.96. The number of fused-ring (bicyclic) bond motifs is 1. The number of thiazole rings is 1. The first-order chi connectivity index (χ1) is 16.4. The lowest BCUT2D eigenvalue weighted by Crippen LogP contribution is -2.28. The van der Waals surface area contributed by atoms with Crippen LogP contribution in [0.1, 0.15) is 28.1 Å². The van der Waals surface area contributed by atoms with E-state index in [0.717, 1.165) is 34.1 Å². The van der Waals surface area contributed by atoms with Crippen LogP contribution in [0, 0.1) is 5.82 Å². The third-order valence-electron chi connectivity index (χ3n) is 5.36. The monoisotopic (exact) mass is 514 g/mol. The van der Waals surface area contributed by atoms with Gasteiger partial charge in [-0.05, 0) is 66.8 Å². The number of anilines is 1. The van der Waals surface area contributed by atoms with Crippen molar-refractivity contribution >= 4 is 60.2 Å². The first-order valence-corrected chi connectivity index (χ1v) is 13.6. The highest BCUT2D eigenvalue weighted by Crippen LogP contribution is 2.31. The van der Waals surface area contributed by atoms with Crippen molar-refractivity contribution in [2.75, 3.05) is 18.1 Å². The predicted molar refractivity (Wildman–Crippen MR) is 133 cm³/mol. The number of amides is 1. The van der Waals surface area contributed by atoms with E-state index in [4.69, 9.17) is 0 Å². The van der Waals surface area contributed by atoms with Crippen LogP contribution in [0.25, 0.3) is 10.2 Å². The van der Waals surface area contributed by atoms with Gasteiger partial charge in [-0.1, -0.05) is 17.4 Å². The molecule has 2 aromatic heterocycles. The zero-order valence-corrected chi connectivity index (χ0v) is 20.2. The maximum Gasteiger partial charge on any atom is 0.280 e. The number of benzene rings is 2. The lowest BCUT2D eigenvalue weighted by molar-refractivity contribution is 0.0987. The topological polar surface area (TPSA) is 82.9 Å². The Labute approximate surface area is 203 Å². The summed E-state index contributed by atoms with van der Waals surface area (Å²) in [5, 5.41) is 7.70. The van der Waals surface area contributed by atoms with Gasteiger partial charge in [0.2, 0.25) is 15.2 Å². The number of carbonyl (C=O) groups excluding carboxylic acids is 1. The second-order valence-corrected chi connectivity index (χ2v) is 11.5. The summed E-state index contributed by atoms with van der Waals surface area (Å²) in [6.45, 7) is 1.01. The molecule has 0 atom stereocenters. The number of thiophene rings is 1. The van der Waals surface area contributed by atoms with E-state index in [1.54, 1.807) is 12.3 Å². The van der Waals surface area contributed by atoms with E-state index in [2.05, 4.69) is 10.1 Å². The first kappa shape index (κ1) is 22.8. The number of rotatable bonds is 6. The molecule has 2 aromatic carbocycles. The fourth-order valence-electron chi connectivity index (χ4n) is 3.61. The summed E-state index contributed by atoms with van der Waals surface area (Å²) in [7, 11) is -3.58. The minimum Gasteiger partial charge on any atom is -0.267 e. The van der Waals surface area contributed by atoms with Gasteiger partial charge in [0.1, 0.15) is 5.82 Å². The van der Waals surface area contributed by atoms with Crippen LogP contribution in [0.2, 0.25) is 0 Å². The molecule has 0 unspecified atom stereocenters. The molecule has 0 saturated carbocycles. The number of hydrogen-bond acceptors (Lipinski definition) is 7. The normalized spacial score (nSPS) is 14.9. The Hall–Kier alpha value is -2.99. The molecule has 0 radical (unpaired) electrons. The van der Waals surface area contributed by atoms with Crippen LogP contribution in [0.15, 0.2) is 70.0 Å². The number of carbonyl (C=O) groups is 1. The van der Waals surface area contributed by atoms with Gasteiger partial charge in [0, 0.05) is 23.5 Å². The van der Waals surface area contributed by atoms with Gasteiger partial charge < -0.3 is 0 Å². The fraction of sp³-hybridized carbons (Fsp3) is 0.174. The van der Waals surface area contributed by atoms with Gasteiger partial charge in [-0.2, -0.15) is 14.4 Å². The minimum atomic E-state index is -3.58.